The van der Waals surface area contributed by atoms with Crippen molar-refractivity contribution >= 4 is 39.0 Å². The van der Waals surface area contributed by atoms with Crippen molar-refractivity contribution < 1.29 is 13.2 Å². The van der Waals surface area contributed by atoms with Gasteiger partial charge in [0.1, 0.15) is 17.7 Å². The van der Waals surface area contributed by atoms with Crippen molar-refractivity contribution in [2.75, 3.05) is 4.90 Å². The van der Waals surface area contributed by atoms with Crippen LogP contribution in [-0.4, -0.2) is 0 Å². The van der Waals surface area contributed by atoms with Crippen LogP contribution in [0.15, 0.2) is 138 Å². The maximum absolute atomic E-state index is 13.9. The molecule has 0 fully saturated rings. The Labute approximate surface area is 241 Å². The number of nitrogens with zero attached hydrogens (tertiary/aromatic N) is 2. The average Bonchev–Trinajstić information content (AvgIpc) is 3.42. The summed E-state index contributed by atoms with van der Waals surface area (Å²) in [5.74, 6) is -0.620. The molecule has 1 aromatic heterocycles. The van der Waals surface area contributed by atoms with Crippen molar-refractivity contribution in [3.05, 3.63) is 151 Å². The van der Waals surface area contributed by atoms with Gasteiger partial charge in [0.15, 0.2) is 11.2 Å². The normalized spacial score (nSPS) is 11.1. The van der Waals surface area contributed by atoms with Crippen LogP contribution in [0.2, 0.25) is 0 Å². The van der Waals surface area contributed by atoms with Crippen LogP contribution in [0.1, 0.15) is 5.56 Å². The molecule has 7 rings (SSSR count). The van der Waals surface area contributed by atoms with Crippen molar-refractivity contribution in [1.29, 1.82) is 5.26 Å². The van der Waals surface area contributed by atoms with Gasteiger partial charge in [0.2, 0.25) is 0 Å². The molecular weight excluding hydrogens is 526 g/mol. The first kappa shape index (κ1) is 25.3. The zero-order chi connectivity index (χ0) is 28.6. The quantitative estimate of drug-likeness (QED) is 0.215. The highest BCUT2D eigenvalue weighted by Crippen LogP contribution is 2.48. The first-order chi connectivity index (χ1) is 20.6. The average molecular weight is 549 g/mol. The van der Waals surface area contributed by atoms with E-state index in [0.717, 1.165) is 50.1 Å². The summed E-state index contributed by atoms with van der Waals surface area (Å²) < 4.78 is 34.3. The number of hydrogen-bond donors (Lipinski definition) is 0. The van der Waals surface area contributed by atoms with Crippen LogP contribution in [-0.2, 0) is 0 Å². The van der Waals surface area contributed by atoms with E-state index in [0.29, 0.717) is 16.7 Å². The Balaban J connectivity index is 1.56. The summed E-state index contributed by atoms with van der Waals surface area (Å²) in [6, 6.07) is 42.5. The van der Waals surface area contributed by atoms with Crippen LogP contribution in [0.25, 0.3) is 44.2 Å². The molecule has 3 nitrogen and oxygen atoms in total. The fourth-order valence-electron chi connectivity index (χ4n) is 5.54. The first-order valence-corrected chi connectivity index (χ1v) is 13.5. The fraction of sp³-hybridized carbons (Fsp3) is 0. The van der Waals surface area contributed by atoms with E-state index in [1.54, 1.807) is 30.3 Å². The Hall–Kier alpha value is -5.73. The molecule has 0 atom stereocenters. The molecule has 0 saturated heterocycles. The highest BCUT2D eigenvalue weighted by Gasteiger charge is 2.24. The van der Waals surface area contributed by atoms with Gasteiger partial charge in [0, 0.05) is 21.9 Å². The van der Waals surface area contributed by atoms with Crippen LogP contribution in [0.4, 0.5) is 25.8 Å². The molecule has 0 unspecified atom stereocenters. The van der Waals surface area contributed by atoms with Crippen LogP contribution in [0, 0.1) is 23.0 Å². The zero-order valence-electron chi connectivity index (χ0n) is 22.3. The van der Waals surface area contributed by atoms with Crippen LogP contribution in [0.5, 0.6) is 0 Å². The molecule has 0 aliphatic carbocycles. The molecule has 0 aliphatic heterocycles. The Morgan fingerprint density at radius 3 is 1.52 bits per heavy atom. The van der Waals surface area contributed by atoms with Crippen LogP contribution < -0.4 is 4.90 Å². The summed E-state index contributed by atoms with van der Waals surface area (Å²) in [4.78, 5) is 2.12. The molecule has 0 bridgehead atoms. The lowest BCUT2D eigenvalue weighted by molar-refractivity contribution is 0.627. The van der Waals surface area contributed by atoms with Gasteiger partial charge in [0.05, 0.1) is 22.6 Å². The minimum absolute atomic E-state index is 0.310. The lowest BCUT2D eigenvalue weighted by Gasteiger charge is -2.29. The van der Waals surface area contributed by atoms with Gasteiger partial charge >= 0.3 is 0 Å². The summed E-state index contributed by atoms with van der Waals surface area (Å²) in [6.45, 7) is 0. The molecule has 0 spiro atoms. The number of fused-ring (bicyclic) bond motifs is 3. The van der Waals surface area contributed by atoms with Crippen molar-refractivity contribution in [1.82, 2.24) is 0 Å². The largest absolute Gasteiger partial charge is 0.452 e. The highest BCUT2D eigenvalue weighted by molar-refractivity contribution is 6.12. The maximum atomic E-state index is 13.9. The number of para-hydroxylation sites is 4. The summed E-state index contributed by atoms with van der Waals surface area (Å²) in [6.07, 6.45) is 0. The SMILES string of the molecule is N#Cc1cccc2c1oc1c(N(c3ccccc3-c3ccc(F)cc3)c3ccccc3-c3ccc(F)cc3)cccc12. The predicted molar refractivity (Wildman–Crippen MR) is 164 cm³/mol. The van der Waals surface area contributed by atoms with E-state index in [1.165, 1.54) is 24.3 Å². The van der Waals surface area contributed by atoms with Gasteiger partial charge in [0.25, 0.3) is 0 Å². The van der Waals surface area contributed by atoms with Gasteiger partial charge in [-0.1, -0.05) is 84.9 Å². The molecule has 7 aromatic rings. The number of halogens is 2. The van der Waals surface area contributed by atoms with Gasteiger partial charge in [-0.2, -0.15) is 5.26 Å². The molecule has 42 heavy (non-hydrogen) atoms. The minimum atomic E-state index is -0.310. The molecule has 0 N–H and O–H groups in total. The van der Waals surface area contributed by atoms with E-state index in [-0.39, 0.29) is 11.6 Å². The summed E-state index contributed by atoms with van der Waals surface area (Å²) in [5, 5.41) is 11.5. The van der Waals surface area contributed by atoms with Crippen LogP contribution in [0.3, 0.4) is 0 Å². The van der Waals surface area contributed by atoms with Gasteiger partial charge < -0.3 is 9.32 Å². The van der Waals surface area contributed by atoms with E-state index in [2.05, 4.69) is 11.0 Å². The topological polar surface area (TPSA) is 40.2 Å². The number of rotatable bonds is 5. The molecule has 1 heterocycles. The number of nitriles is 1. The number of hydrogen-bond acceptors (Lipinski definition) is 3. The summed E-state index contributed by atoms with van der Waals surface area (Å²) in [7, 11) is 0. The smallest absolute Gasteiger partial charge is 0.159 e. The lowest BCUT2D eigenvalue weighted by atomic mass is 9.98. The molecular formula is C37H22F2N2O. The summed E-state index contributed by atoms with van der Waals surface area (Å²) >= 11 is 0. The van der Waals surface area contributed by atoms with E-state index in [9.17, 15) is 14.0 Å². The van der Waals surface area contributed by atoms with Crippen molar-refractivity contribution in [2.45, 2.75) is 0 Å². The Morgan fingerprint density at radius 2 is 0.976 bits per heavy atom. The van der Waals surface area contributed by atoms with Crippen molar-refractivity contribution in [2.24, 2.45) is 0 Å². The second-order valence-electron chi connectivity index (χ2n) is 9.93. The Kier molecular flexibility index (Phi) is 6.22. The number of anilines is 3. The van der Waals surface area contributed by atoms with Gasteiger partial charge in [-0.15, -0.1) is 0 Å². The third-order valence-corrected chi connectivity index (χ3v) is 7.47. The van der Waals surface area contributed by atoms with Crippen LogP contribution >= 0.6 is 0 Å². The van der Waals surface area contributed by atoms with E-state index in [1.807, 2.05) is 78.9 Å². The number of benzene rings is 6. The molecule has 0 radical (unpaired) electrons. The molecule has 6 aromatic carbocycles. The molecule has 0 amide bonds. The van der Waals surface area contributed by atoms with Gasteiger partial charge in [-0.05, 0) is 59.7 Å². The zero-order valence-corrected chi connectivity index (χ0v) is 22.3. The molecule has 0 aliphatic rings. The van der Waals surface area contributed by atoms with Crippen molar-refractivity contribution in [3.8, 4) is 28.3 Å². The molecule has 5 heteroatoms. The summed E-state index contributed by atoms with van der Waals surface area (Å²) in [5.41, 5.74) is 7.52. The van der Waals surface area contributed by atoms with Crippen molar-refractivity contribution in [3.63, 3.8) is 0 Å². The minimum Gasteiger partial charge on any atom is -0.452 e. The fourth-order valence-corrected chi connectivity index (χ4v) is 5.54. The standard InChI is InChI=1S/C37H22F2N2O/c38-27-19-15-24(16-20-27)29-8-1-3-12-33(29)41(34-13-4-2-9-30(34)25-17-21-28(39)22-18-25)35-14-6-11-32-31-10-5-7-26(23-40)36(31)42-37(32)35/h1-22H. The lowest BCUT2D eigenvalue weighted by Crippen LogP contribution is -2.12. The van der Waals surface area contributed by atoms with E-state index in [4.69, 9.17) is 4.42 Å². The second kappa shape index (κ2) is 10.3. The van der Waals surface area contributed by atoms with E-state index < -0.39 is 0 Å². The third-order valence-electron chi connectivity index (χ3n) is 7.47. The van der Waals surface area contributed by atoms with Gasteiger partial charge in [-0.25, -0.2) is 8.78 Å². The predicted octanol–water partition coefficient (Wildman–Crippen LogP) is 10.5. The molecule has 0 saturated carbocycles. The van der Waals surface area contributed by atoms with Gasteiger partial charge in [-0.3, -0.25) is 0 Å². The molecule has 200 valence electrons. The number of furan rings is 1. The Bertz CT molecular complexity index is 2030. The first-order valence-electron chi connectivity index (χ1n) is 13.5. The Morgan fingerprint density at radius 1 is 0.500 bits per heavy atom. The van der Waals surface area contributed by atoms with E-state index >= 15 is 0 Å². The highest BCUT2D eigenvalue weighted by atomic mass is 19.1. The third kappa shape index (κ3) is 4.27. The monoisotopic (exact) mass is 548 g/mol. The second-order valence-corrected chi connectivity index (χ2v) is 9.93. The maximum Gasteiger partial charge on any atom is 0.159 e.